The van der Waals surface area contributed by atoms with Gasteiger partial charge in [-0.1, -0.05) is 12.5 Å². The number of primary amides is 1. The van der Waals surface area contributed by atoms with Crippen molar-refractivity contribution < 1.29 is 14.4 Å². The molecule has 0 spiro atoms. The third-order valence-corrected chi connectivity index (χ3v) is 9.50. The van der Waals surface area contributed by atoms with Crippen LogP contribution in [-0.4, -0.2) is 56.4 Å². The molecule has 6 N–H and O–H groups in total. The number of anilines is 3. The van der Waals surface area contributed by atoms with E-state index in [1.807, 2.05) is 42.0 Å². The van der Waals surface area contributed by atoms with Crippen LogP contribution in [0.25, 0.3) is 22.1 Å². The second-order valence-electron chi connectivity index (χ2n) is 13.0. The second kappa shape index (κ2) is 13.7. The number of fused-ring (bicyclic) bond motifs is 8. The zero-order valence-corrected chi connectivity index (χ0v) is 29.1. The standard InChI is InChI=1S/C36H42N12O3/c1-4-47-31-24(22(3)44-47)11-6-5-7-18-48-29(19-21(2)43-48)33(50)41-35-39-26-20-23(32(38)49)14-15-27(26)45(35)16-8-9-17-46-28-13-10-12-25(37)30(28)40-36(46)42-34(31)51/h10,12-15,19-20H,4-9,11,16-18,37H2,1-3H3,(H2,38,49)(H,39,41,50)(H,40,42,51). The Morgan fingerprint density at radius 1 is 0.843 bits per heavy atom. The van der Waals surface area contributed by atoms with E-state index in [9.17, 15) is 14.4 Å². The molecule has 15 heteroatoms. The number of para-hydroxylation sites is 1. The minimum absolute atomic E-state index is 0.264. The molecule has 4 aromatic heterocycles. The van der Waals surface area contributed by atoms with E-state index in [-0.39, 0.29) is 11.8 Å². The summed E-state index contributed by atoms with van der Waals surface area (Å²) >= 11 is 0. The maximum absolute atomic E-state index is 14.1. The molecule has 51 heavy (non-hydrogen) atoms. The number of nitrogen functional groups attached to an aromatic ring is 1. The molecule has 0 aliphatic carbocycles. The third-order valence-electron chi connectivity index (χ3n) is 9.50. The summed E-state index contributed by atoms with van der Waals surface area (Å²) in [5, 5.41) is 15.4. The Kier molecular flexibility index (Phi) is 9.02. The van der Waals surface area contributed by atoms with Crippen molar-refractivity contribution in [2.24, 2.45) is 5.73 Å². The van der Waals surface area contributed by atoms with Gasteiger partial charge in [-0.05, 0) is 89.3 Å². The van der Waals surface area contributed by atoms with Crippen LogP contribution >= 0.6 is 0 Å². The number of nitrogens with two attached hydrogens (primary N) is 2. The van der Waals surface area contributed by atoms with Gasteiger partial charge in [0.1, 0.15) is 16.9 Å². The van der Waals surface area contributed by atoms with Gasteiger partial charge in [0.05, 0.1) is 33.6 Å². The normalized spacial score (nSPS) is 15.0. The summed E-state index contributed by atoms with van der Waals surface area (Å²) < 4.78 is 7.43. The highest BCUT2D eigenvalue weighted by Crippen LogP contribution is 2.28. The van der Waals surface area contributed by atoms with Crippen LogP contribution in [-0.2, 0) is 32.6 Å². The zero-order chi connectivity index (χ0) is 35.8. The lowest BCUT2D eigenvalue weighted by Gasteiger charge is -2.13. The number of nitrogens with one attached hydrogen (secondary N) is 2. The number of benzene rings is 2. The summed E-state index contributed by atoms with van der Waals surface area (Å²) in [6.07, 6.45) is 4.51. The molecule has 0 unspecified atom stereocenters. The van der Waals surface area contributed by atoms with E-state index in [0.29, 0.717) is 91.0 Å². The molecule has 15 nitrogen and oxygen atoms in total. The number of amides is 3. The van der Waals surface area contributed by atoms with E-state index in [4.69, 9.17) is 26.5 Å². The van der Waals surface area contributed by atoms with Gasteiger partial charge in [-0.2, -0.15) is 10.2 Å². The fraction of sp³-hybridized carbons (Fsp3) is 0.361. The smallest absolute Gasteiger partial charge is 0.276 e. The van der Waals surface area contributed by atoms with E-state index in [1.54, 1.807) is 39.7 Å². The van der Waals surface area contributed by atoms with Crippen LogP contribution in [0, 0.1) is 13.8 Å². The molecule has 264 valence electrons. The van der Waals surface area contributed by atoms with Crippen molar-refractivity contribution in [1.29, 1.82) is 0 Å². The number of nitrogens with zero attached hydrogens (tertiary/aromatic N) is 8. The first-order valence-electron chi connectivity index (χ1n) is 17.4. The lowest BCUT2D eigenvalue weighted by atomic mass is 10.0. The van der Waals surface area contributed by atoms with Crippen LogP contribution in [0.15, 0.2) is 42.5 Å². The lowest BCUT2D eigenvalue weighted by Crippen LogP contribution is -2.21. The van der Waals surface area contributed by atoms with Crippen LogP contribution in [0.5, 0.6) is 0 Å². The Morgan fingerprint density at radius 3 is 2.33 bits per heavy atom. The van der Waals surface area contributed by atoms with Crippen LogP contribution < -0.4 is 22.1 Å². The molecule has 5 heterocycles. The SMILES string of the molecule is CCn1nc(C)c2c1C(=O)Nc1nc3c(N)cccc3n1CCCCn1c(nc3cc(C(N)=O)ccc31)NC(=O)c1cc(C)nn1CCCCC2. The van der Waals surface area contributed by atoms with Crippen molar-refractivity contribution in [1.82, 2.24) is 38.7 Å². The van der Waals surface area contributed by atoms with Gasteiger partial charge in [0, 0.05) is 37.3 Å². The first-order valence-corrected chi connectivity index (χ1v) is 17.4. The maximum Gasteiger partial charge on any atom is 0.276 e. The fourth-order valence-corrected chi connectivity index (χ4v) is 7.00. The second-order valence-corrected chi connectivity index (χ2v) is 13.0. The van der Waals surface area contributed by atoms with Gasteiger partial charge in [0.25, 0.3) is 11.8 Å². The Bertz CT molecular complexity index is 2310. The van der Waals surface area contributed by atoms with Crippen molar-refractivity contribution >= 4 is 57.4 Å². The summed E-state index contributed by atoms with van der Waals surface area (Å²) in [6.45, 7) is 7.92. The molecule has 3 amide bonds. The molecular formula is C36H42N12O3. The van der Waals surface area contributed by atoms with E-state index in [1.165, 1.54) is 0 Å². The number of hydrogen-bond acceptors (Lipinski definition) is 8. The van der Waals surface area contributed by atoms with Crippen molar-refractivity contribution in [3.8, 4) is 0 Å². The number of carbonyl (C=O) groups excluding carboxylic acids is 3. The molecule has 0 bridgehead atoms. The van der Waals surface area contributed by atoms with Crippen molar-refractivity contribution in [3.05, 3.63) is 76.4 Å². The number of rotatable bonds is 2. The summed E-state index contributed by atoms with van der Waals surface area (Å²) in [5.74, 6) is -0.370. The Hall–Kier alpha value is -5.99. The van der Waals surface area contributed by atoms with Gasteiger partial charge in [-0.3, -0.25) is 34.4 Å². The highest BCUT2D eigenvalue weighted by molar-refractivity contribution is 6.05. The monoisotopic (exact) mass is 690 g/mol. The van der Waals surface area contributed by atoms with E-state index in [0.717, 1.165) is 47.2 Å². The summed E-state index contributed by atoms with van der Waals surface area (Å²) in [6, 6.07) is 12.5. The topological polar surface area (TPSA) is 199 Å². The van der Waals surface area contributed by atoms with Gasteiger partial charge in [0.15, 0.2) is 0 Å². The summed E-state index contributed by atoms with van der Waals surface area (Å²) in [4.78, 5) is 49.3. The van der Waals surface area contributed by atoms with Crippen molar-refractivity contribution in [3.63, 3.8) is 0 Å². The average molecular weight is 691 g/mol. The van der Waals surface area contributed by atoms with Crippen LogP contribution in [0.1, 0.15) is 87.3 Å². The summed E-state index contributed by atoms with van der Waals surface area (Å²) in [5.41, 5.74) is 19.0. The van der Waals surface area contributed by atoms with Gasteiger partial charge in [0.2, 0.25) is 17.8 Å². The predicted octanol–water partition coefficient (Wildman–Crippen LogP) is 4.81. The highest BCUT2D eigenvalue weighted by Gasteiger charge is 2.24. The van der Waals surface area contributed by atoms with Crippen molar-refractivity contribution in [2.45, 2.75) is 85.5 Å². The number of imidazole rings is 2. The minimum Gasteiger partial charge on any atom is -0.397 e. The number of aromatic nitrogens is 8. The third kappa shape index (κ3) is 6.42. The van der Waals surface area contributed by atoms with E-state index in [2.05, 4.69) is 15.7 Å². The van der Waals surface area contributed by atoms with E-state index < -0.39 is 5.91 Å². The predicted molar refractivity (Wildman–Crippen MR) is 195 cm³/mol. The lowest BCUT2D eigenvalue weighted by molar-refractivity contribution is 0.0994. The maximum atomic E-state index is 14.1. The first-order chi connectivity index (χ1) is 24.6. The Balaban J connectivity index is 1.27. The Labute approximate surface area is 294 Å². The average Bonchev–Trinajstić information content (AvgIpc) is 3.84. The van der Waals surface area contributed by atoms with Crippen LogP contribution in [0.4, 0.5) is 17.6 Å². The Morgan fingerprint density at radius 2 is 1.57 bits per heavy atom. The molecule has 1 aliphatic rings. The number of carbonyl (C=O) groups is 3. The largest absolute Gasteiger partial charge is 0.397 e. The number of hydrogen-bond donors (Lipinski definition) is 4. The van der Waals surface area contributed by atoms with Gasteiger partial charge < -0.3 is 20.6 Å². The van der Waals surface area contributed by atoms with Crippen LogP contribution in [0.2, 0.25) is 0 Å². The van der Waals surface area contributed by atoms with Gasteiger partial charge in [-0.15, -0.1) is 0 Å². The molecule has 1 aliphatic heterocycles. The molecule has 7 rings (SSSR count). The quantitative estimate of drug-likeness (QED) is 0.186. The van der Waals surface area contributed by atoms with Crippen LogP contribution in [0.3, 0.4) is 0 Å². The molecule has 0 radical (unpaired) electrons. The molecular weight excluding hydrogens is 648 g/mol. The zero-order valence-electron chi connectivity index (χ0n) is 29.1. The first kappa shape index (κ1) is 33.5. The van der Waals surface area contributed by atoms with Gasteiger partial charge in [-0.25, -0.2) is 9.97 Å². The molecule has 2 aromatic carbocycles. The summed E-state index contributed by atoms with van der Waals surface area (Å²) in [7, 11) is 0. The fourth-order valence-electron chi connectivity index (χ4n) is 7.00. The highest BCUT2D eigenvalue weighted by atomic mass is 16.2. The van der Waals surface area contributed by atoms with Crippen molar-refractivity contribution in [2.75, 3.05) is 16.4 Å². The molecule has 0 atom stereocenters. The molecule has 6 aromatic rings. The number of aryl methyl sites for hydroxylation is 6. The molecule has 0 saturated heterocycles. The minimum atomic E-state index is -0.558. The molecule has 0 saturated carbocycles. The van der Waals surface area contributed by atoms with Gasteiger partial charge >= 0.3 is 0 Å². The molecule has 0 fully saturated rings. The van der Waals surface area contributed by atoms with E-state index >= 15 is 0 Å².